The molecule has 0 heterocycles. The Morgan fingerprint density at radius 1 is 1.11 bits per heavy atom. The average molecular weight is 319 g/mol. The molecule has 2 aromatic carbocycles. The third kappa shape index (κ3) is 3.76. The lowest BCUT2D eigenvalue weighted by Gasteiger charge is -2.06. The first kappa shape index (κ1) is 13.4. The van der Waals surface area contributed by atoms with Crippen molar-refractivity contribution in [3.63, 3.8) is 0 Å². The van der Waals surface area contributed by atoms with Crippen LogP contribution in [0.4, 0.5) is 0 Å². The Labute approximate surface area is 121 Å². The first-order valence-corrected chi connectivity index (χ1v) is 7.79. The summed E-state index contributed by atoms with van der Waals surface area (Å²) in [4.78, 5) is 2.58. The Morgan fingerprint density at radius 2 is 1.94 bits per heavy atom. The van der Waals surface area contributed by atoms with Crippen molar-refractivity contribution in [1.82, 2.24) is 0 Å². The first-order chi connectivity index (χ1) is 8.79. The first-order valence-electron chi connectivity index (χ1n) is 5.85. The normalized spacial score (nSPS) is 11.0. The molecule has 92 valence electrons. The Hall–Kier alpha value is -0.990. The van der Waals surface area contributed by atoms with Gasteiger partial charge in [-0.2, -0.15) is 0 Å². The van der Waals surface area contributed by atoms with E-state index < -0.39 is 0 Å². The highest BCUT2D eigenvalue weighted by atomic mass is 79.9. The lowest BCUT2D eigenvalue weighted by Crippen LogP contribution is -1.80. The van der Waals surface area contributed by atoms with Crippen molar-refractivity contribution in [2.24, 2.45) is 0 Å². The maximum absolute atomic E-state index is 3.41. The van der Waals surface area contributed by atoms with Crippen LogP contribution >= 0.6 is 27.7 Å². The number of hydrogen-bond acceptors (Lipinski definition) is 1. The molecule has 0 spiro atoms. The van der Waals surface area contributed by atoms with Gasteiger partial charge in [-0.15, -0.1) is 0 Å². The lowest BCUT2D eigenvalue weighted by molar-refractivity contribution is 1.34. The summed E-state index contributed by atoms with van der Waals surface area (Å²) in [5.41, 5.74) is 2.57. The Bertz CT molecular complexity index is 546. The summed E-state index contributed by atoms with van der Waals surface area (Å²) in [6.45, 7) is 2.13. The number of rotatable bonds is 4. The molecule has 2 rings (SSSR count). The van der Waals surface area contributed by atoms with Crippen molar-refractivity contribution in [2.75, 3.05) is 5.33 Å². The van der Waals surface area contributed by atoms with E-state index in [1.165, 1.54) is 20.9 Å². The molecule has 18 heavy (non-hydrogen) atoms. The molecule has 2 aromatic rings. The van der Waals surface area contributed by atoms with Gasteiger partial charge < -0.3 is 0 Å². The third-order valence-corrected chi connectivity index (χ3v) is 3.98. The summed E-state index contributed by atoms with van der Waals surface area (Å²) in [5.74, 6) is 0. The van der Waals surface area contributed by atoms with Crippen LogP contribution in [0.25, 0.3) is 6.08 Å². The summed E-state index contributed by atoms with van der Waals surface area (Å²) in [6, 6.07) is 17.1. The predicted molar refractivity (Wildman–Crippen MR) is 84.6 cm³/mol. The Morgan fingerprint density at radius 3 is 2.72 bits per heavy atom. The van der Waals surface area contributed by atoms with Crippen LogP contribution in [0.5, 0.6) is 0 Å². The van der Waals surface area contributed by atoms with Gasteiger partial charge in [0.1, 0.15) is 0 Å². The smallest absolute Gasteiger partial charge is 0.0215 e. The summed E-state index contributed by atoms with van der Waals surface area (Å²) in [6.07, 6.45) is 4.28. The van der Waals surface area contributed by atoms with Crippen LogP contribution in [-0.2, 0) is 0 Å². The van der Waals surface area contributed by atoms with E-state index in [0.29, 0.717) is 0 Å². The molecule has 0 aromatic heterocycles. The molecule has 0 saturated carbocycles. The fraction of sp³-hybridized carbons (Fsp3) is 0.125. The van der Waals surface area contributed by atoms with Crippen LogP contribution < -0.4 is 0 Å². The van der Waals surface area contributed by atoms with E-state index in [4.69, 9.17) is 0 Å². The minimum atomic E-state index is 0.885. The quantitative estimate of drug-likeness (QED) is 0.665. The molecular formula is C16H15BrS. The van der Waals surface area contributed by atoms with Crippen molar-refractivity contribution < 1.29 is 0 Å². The molecule has 0 unspecified atom stereocenters. The molecule has 0 aliphatic heterocycles. The van der Waals surface area contributed by atoms with Gasteiger partial charge in [-0.1, -0.05) is 75.7 Å². The lowest BCUT2D eigenvalue weighted by atomic mass is 10.2. The van der Waals surface area contributed by atoms with Gasteiger partial charge in [0, 0.05) is 15.1 Å². The second kappa shape index (κ2) is 6.81. The second-order valence-corrected chi connectivity index (χ2v) is 5.78. The van der Waals surface area contributed by atoms with Gasteiger partial charge in [0.05, 0.1) is 0 Å². The van der Waals surface area contributed by atoms with Gasteiger partial charge in [-0.25, -0.2) is 0 Å². The topological polar surface area (TPSA) is 0 Å². The summed E-state index contributed by atoms with van der Waals surface area (Å²) in [7, 11) is 0. The summed E-state index contributed by atoms with van der Waals surface area (Å²) in [5, 5.41) is 0.885. The van der Waals surface area contributed by atoms with Gasteiger partial charge in [-0.3, -0.25) is 0 Å². The number of aryl methyl sites for hydroxylation is 1. The third-order valence-electron chi connectivity index (χ3n) is 2.52. The molecule has 0 amide bonds. The number of benzene rings is 2. The van der Waals surface area contributed by atoms with Crippen LogP contribution in [0.2, 0.25) is 0 Å². The van der Waals surface area contributed by atoms with Gasteiger partial charge in [0.15, 0.2) is 0 Å². The highest BCUT2D eigenvalue weighted by Gasteiger charge is 2.01. The maximum Gasteiger partial charge on any atom is 0.0215 e. The highest BCUT2D eigenvalue weighted by Crippen LogP contribution is 2.31. The monoisotopic (exact) mass is 318 g/mol. The molecule has 0 N–H and O–H groups in total. The van der Waals surface area contributed by atoms with E-state index in [-0.39, 0.29) is 0 Å². The van der Waals surface area contributed by atoms with E-state index >= 15 is 0 Å². The molecule has 0 atom stereocenters. The number of halogens is 1. The number of allylic oxidation sites excluding steroid dienone is 1. The molecule has 0 aliphatic rings. The summed E-state index contributed by atoms with van der Waals surface area (Å²) < 4.78 is 0. The van der Waals surface area contributed by atoms with Crippen molar-refractivity contribution in [3.8, 4) is 0 Å². The predicted octanol–water partition coefficient (Wildman–Crippen LogP) is 5.55. The molecule has 0 aliphatic carbocycles. The van der Waals surface area contributed by atoms with Crippen LogP contribution in [0, 0.1) is 6.92 Å². The molecule has 0 nitrogen and oxygen atoms in total. The molecule has 0 radical (unpaired) electrons. The van der Waals surface area contributed by atoms with Gasteiger partial charge in [0.2, 0.25) is 0 Å². The largest absolute Gasteiger partial charge is 0.0895 e. The molecular weight excluding hydrogens is 304 g/mol. The second-order valence-electron chi connectivity index (χ2n) is 4.01. The standard InChI is InChI=1S/C16H15BrS/c1-13-6-4-9-15(12-13)18-16-10-3-2-7-14(16)8-5-11-17/h2-10,12H,11H2,1H3. The average Bonchev–Trinajstić information content (AvgIpc) is 2.38. The number of hydrogen-bond donors (Lipinski definition) is 0. The SMILES string of the molecule is Cc1cccc(Sc2ccccc2C=CCBr)c1. The number of alkyl halides is 1. The van der Waals surface area contributed by atoms with E-state index in [9.17, 15) is 0 Å². The van der Waals surface area contributed by atoms with Crippen molar-refractivity contribution in [3.05, 3.63) is 65.7 Å². The Kier molecular flexibility index (Phi) is 5.09. The molecule has 0 fully saturated rings. The summed E-state index contributed by atoms with van der Waals surface area (Å²) >= 11 is 5.23. The van der Waals surface area contributed by atoms with E-state index in [1.807, 2.05) is 11.8 Å². The van der Waals surface area contributed by atoms with Crippen LogP contribution in [0.15, 0.2) is 64.4 Å². The molecule has 0 bridgehead atoms. The van der Waals surface area contributed by atoms with Crippen molar-refractivity contribution >= 4 is 33.8 Å². The van der Waals surface area contributed by atoms with E-state index in [2.05, 4.69) is 83.5 Å². The zero-order valence-electron chi connectivity index (χ0n) is 10.3. The highest BCUT2D eigenvalue weighted by molar-refractivity contribution is 9.09. The van der Waals surface area contributed by atoms with Gasteiger partial charge >= 0.3 is 0 Å². The minimum absolute atomic E-state index is 0.885. The van der Waals surface area contributed by atoms with Crippen LogP contribution in [-0.4, -0.2) is 5.33 Å². The zero-order chi connectivity index (χ0) is 12.8. The van der Waals surface area contributed by atoms with E-state index in [1.54, 1.807) is 0 Å². The van der Waals surface area contributed by atoms with Gasteiger partial charge in [-0.05, 0) is 30.7 Å². The maximum atomic E-state index is 3.41. The minimum Gasteiger partial charge on any atom is -0.0895 e. The van der Waals surface area contributed by atoms with Crippen molar-refractivity contribution in [1.29, 1.82) is 0 Å². The van der Waals surface area contributed by atoms with E-state index in [0.717, 1.165) is 5.33 Å². The zero-order valence-corrected chi connectivity index (χ0v) is 12.7. The van der Waals surface area contributed by atoms with Gasteiger partial charge in [0.25, 0.3) is 0 Å². The molecule has 2 heteroatoms. The fourth-order valence-corrected chi connectivity index (χ4v) is 2.92. The van der Waals surface area contributed by atoms with Crippen LogP contribution in [0.3, 0.4) is 0 Å². The fourth-order valence-electron chi connectivity index (χ4n) is 1.69. The van der Waals surface area contributed by atoms with Crippen LogP contribution in [0.1, 0.15) is 11.1 Å². The van der Waals surface area contributed by atoms with Crippen molar-refractivity contribution in [2.45, 2.75) is 16.7 Å². The molecule has 0 saturated heterocycles. The Balaban J connectivity index is 2.26.